The first-order valence-electron chi connectivity index (χ1n) is 7.33. The average molecular weight is 225 g/mol. The normalized spacial score (nSPS) is 12.4. The molecule has 0 N–H and O–H groups in total. The first-order valence-corrected chi connectivity index (χ1v) is 7.33. The van der Waals surface area contributed by atoms with Crippen LogP contribution in [-0.4, -0.2) is 0 Å². The fraction of sp³-hybridized carbons (Fsp3) is 0.938. The smallest absolute Gasteiger partial charge is 0.0236 e. The Morgan fingerprint density at radius 1 is 0.750 bits per heavy atom. The van der Waals surface area contributed by atoms with Crippen molar-refractivity contribution in [3.05, 3.63) is 5.92 Å². The van der Waals surface area contributed by atoms with E-state index in [9.17, 15) is 0 Å². The highest BCUT2D eigenvalue weighted by atomic mass is 14.2. The summed E-state index contributed by atoms with van der Waals surface area (Å²) >= 11 is 0. The lowest BCUT2D eigenvalue weighted by Crippen LogP contribution is -2.12. The second kappa shape index (κ2) is 9.07. The molecule has 0 amide bonds. The van der Waals surface area contributed by atoms with Crippen LogP contribution in [0.15, 0.2) is 0 Å². The molecule has 0 aromatic carbocycles. The van der Waals surface area contributed by atoms with Crippen LogP contribution in [0.5, 0.6) is 0 Å². The van der Waals surface area contributed by atoms with Gasteiger partial charge in [0.1, 0.15) is 0 Å². The standard InChI is InChI=1S/C16H33/c1-6-8-10-12-15(13-11-9-7-2)14-16(3,4)5/h6-14H2,1-5H3. The third-order valence-electron chi connectivity index (χ3n) is 3.05. The Balaban J connectivity index is 3.85. The quantitative estimate of drug-likeness (QED) is 0.412. The molecular formula is C16H33. The Bertz CT molecular complexity index is 131. The molecule has 0 atom stereocenters. The second-order valence-corrected chi connectivity index (χ2v) is 6.40. The SMILES string of the molecule is CCCCC[C](CCCCC)CC(C)(C)C. The minimum absolute atomic E-state index is 0.480. The van der Waals surface area contributed by atoms with Gasteiger partial charge in [0.05, 0.1) is 0 Å². The molecule has 0 unspecified atom stereocenters. The van der Waals surface area contributed by atoms with Crippen molar-refractivity contribution in [2.75, 3.05) is 0 Å². The minimum atomic E-state index is 0.480. The highest BCUT2D eigenvalue weighted by molar-refractivity contribution is 4.93. The maximum Gasteiger partial charge on any atom is -0.0236 e. The van der Waals surface area contributed by atoms with Gasteiger partial charge in [0.25, 0.3) is 0 Å². The summed E-state index contributed by atoms with van der Waals surface area (Å²) in [6.45, 7) is 11.7. The van der Waals surface area contributed by atoms with E-state index in [1.807, 2.05) is 5.92 Å². The van der Waals surface area contributed by atoms with E-state index in [0.717, 1.165) is 0 Å². The lowest BCUT2D eigenvalue weighted by Gasteiger charge is -2.25. The van der Waals surface area contributed by atoms with Crippen molar-refractivity contribution >= 4 is 0 Å². The third kappa shape index (κ3) is 10.5. The Morgan fingerprint density at radius 3 is 1.50 bits per heavy atom. The van der Waals surface area contributed by atoms with Crippen molar-refractivity contribution < 1.29 is 0 Å². The molecule has 0 saturated heterocycles. The number of hydrogen-bond donors (Lipinski definition) is 0. The summed E-state index contributed by atoms with van der Waals surface area (Å²) in [5.41, 5.74) is 0.480. The largest absolute Gasteiger partial charge is 0.0654 e. The predicted octanol–water partition coefficient (Wildman–Crippen LogP) is 6.16. The molecular weight excluding hydrogens is 192 g/mol. The molecule has 0 aliphatic rings. The van der Waals surface area contributed by atoms with Gasteiger partial charge in [-0.3, -0.25) is 0 Å². The van der Waals surface area contributed by atoms with Gasteiger partial charge in [0.15, 0.2) is 0 Å². The minimum Gasteiger partial charge on any atom is -0.0654 e. The average Bonchev–Trinajstić information content (AvgIpc) is 2.16. The van der Waals surface area contributed by atoms with Gasteiger partial charge in [-0.15, -0.1) is 0 Å². The molecule has 0 heterocycles. The first kappa shape index (κ1) is 16.0. The van der Waals surface area contributed by atoms with Gasteiger partial charge < -0.3 is 0 Å². The maximum absolute atomic E-state index is 2.37. The summed E-state index contributed by atoms with van der Waals surface area (Å²) in [4.78, 5) is 0. The molecule has 0 saturated carbocycles. The van der Waals surface area contributed by atoms with E-state index >= 15 is 0 Å². The molecule has 0 aliphatic carbocycles. The number of rotatable bonds is 9. The zero-order valence-corrected chi connectivity index (χ0v) is 12.4. The lowest BCUT2D eigenvalue weighted by molar-refractivity contribution is 0.362. The zero-order chi connectivity index (χ0) is 12.4. The fourth-order valence-electron chi connectivity index (χ4n) is 2.30. The molecule has 1 radical (unpaired) electrons. The van der Waals surface area contributed by atoms with Gasteiger partial charge in [0, 0.05) is 0 Å². The van der Waals surface area contributed by atoms with Crippen LogP contribution in [0.1, 0.15) is 92.4 Å². The molecule has 0 aliphatic heterocycles. The molecule has 0 spiro atoms. The van der Waals surface area contributed by atoms with Crippen LogP contribution < -0.4 is 0 Å². The van der Waals surface area contributed by atoms with Crippen molar-refractivity contribution in [1.29, 1.82) is 0 Å². The van der Waals surface area contributed by atoms with Crippen molar-refractivity contribution in [3.63, 3.8) is 0 Å². The van der Waals surface area contributed by atoms with Gasteiger partial charge in [-0.25, -0.2) is 0 Å². The summed E-state index contributed by atoms with van der Waals surface area (Å²) in [5, 5.41) is 0. The van der Waals surface area contributed by atoms with E-state index in [4.69, 9.17) is 0 Å². The van der Waals surface area contributed by atoms with Gasteiger partial charge in [-0.2, -0.15) is 0 Å². The molecule has 0 rings (SSSR count). The second-order valence-electron chi connectivity index (χ2n) is 6.40. The van der Waals surface area contributed by atoms with Crippen molar-refractivity contribution in [2.45, 2.75) is 92.4 Å². The Morgan fingerprint density at radius 2 is 1.19 bits per heavy atom. The molecule has 0 bridgehead atoms. The highest BCUT2D eigenvalue weighted by Crippen LogP contribution is 2.32. The Hall–Kier alpha value is 0. The van der Waals surface area contributed by atoms with Crippen LogP contribution in [0.2, 0.25) is 0 Å². The zero-order valence-electron chi connectivity index (χ0n) is 12.4. The van der Waals surface area contributed by atoms with Crippen molar-refractivity contribution in [3.8, 4) is 0 Å². The monoisotopic (exact) mass is 225 g/mol. The van der Waals surface area contributed by atoms with Crippen LogP contribution in [0.25, 0.3) is 0 Å². The molecule has 0 aromatic heterocycles. The Labute approximate surface area is 104 Å². The molecule has 16 heavy (non-hydrogen) atoms. The van der Waals surface area contributed by atoms with Crippen LogP contribution in [0.3, 0.4) is 0 Å². The molecule has 0 heteroatoms. The number of unbranched alkanes of at least 4 members (excludes halogenated alkanes) is 4. The summed E-state index contributed by atoms with van der Waals surface area (Å²) < 4.78 is 0. The molecule has 0 fully saturated rings. The summed E-state index contributed by atoms with van der Waals surface area (Å²) in [7, 11) is 0. The van der Waals surface area contributed by atoms with Gasteiger partial charge in [0.2, 0.25) is 0 Å². The topological polar surface area (TPSA) is 0 Å². The number of hydrogen-bond acceptors (Lipinski definition) is 0. The summed E-state index contributed by atoms with van der Waals surface area (Å²) in [6, 6.07) is 0. The lowest BCUT2D eigenvalue weighted by atomic mass is 9.80. The van der Waals surface area contributed by atoms with Crippen LogP contribution in [0.4, 0.5) is 0 Å². The maximum atomic E-state index is 2.37. The van der Waals surface area contributed by atoms with Gasteiger partial charge >= 0.3 is 0 Å². The molecule has 0 nitrogen and oxygen atoms in total. The van der Waals surface area contributed by atoms with E-state index in [1.165, 1.54) is 57.8 Å². The van der Waals surface area contributed by atoms with Crippen molar-refractivity contribution in [1.82, 2.24) is 0 Å². The van der Waals surface area contributed by atoms with E-state index < -0.39 is 0 Å². The highest BCUT2D eigenvalue weighted by Gasteiger charge is 2.18. The van der Waals surface area contributed by atoms with Crippen LogP contribution >= 0.6 is 0 Å². The predicted molar refractivity (Wildman–Crippen MR) is 75.6 cm³/mol. The van der Waals surface area contributed by atoms with Crippen molar-refractivity contribution in [2.24, 2.45) is 5.41 Å². The molecule has 97 valence electrons. The summed E-state index contributed by atoms with van der Waals surface area (Å²) in [6.07, 6.45) is 12.4. The van der Waals surface area contributed by atoms with E-state index in [2.05, 4.69) is 34.6 Å². The Kier molecular flexibility index (Phi) is 9.07. The van der Waals surface area contributed by atoms with Crippen LogP contribution in [-0.2, 0) is 0 Å². The van der Waals surface area contributed by atoms with Gasteiger partial charge in [-0.05, 0) is 30.6 Å². The van der Waals surface area contributed by atoms with E-state index in [0.29, 0.717) is 5.41 Å². The summed E-state index contributed by atoms with van der Waals surface area (Å²) in [5.74, 6) is 1.83. The molecule has 0 aromatic rings. The van der Waals surface area contributed by atoms with Gasteiger partial charge in [-0.1, -0.05) is 73.1 Å². The fourth-order valence-corrected chi connectivity index (χ4v) is 2.30. The third-order valence-corrected chi connectivity index (χ3v) is 3.05. The van der Waals surface area contributed by atoms with Crippen LogP contribution in [0, 0.1) is 11.3 Å². The van der Waals surface area contributed by atoms with E-state index in [-0.39, 0.29) is 0 Å². The van der Waals surface area contributed by atoms with E-state index in [1.54, 1.807) is 0 Å². The first-order chi connectivity index (χ1) is 7.49.